The summed E-state index contributed by atoms with van der Waals surface area (Å²) < 4.78 is 0. The minimum atomic E-state index is -0.506. The number of thiophene rings is 1. The third kappa shape index (κ3) is 5.06. The Hall–Kier alpha value is -2.18. The van der Waals surface area contributed by atoms with Crippen molar-refractivity contribution >= 4 is 23.2 Å². The van der Waals surface area contributed by atoms with Crippen LogP contribution in [0.3, 0.4) is 0 Å². The first-order valence-corrected chi connectivity index (χ1v) is 11.6. The van der Waals surface area contributed by atoms with Gasteiger partial charge >= 0.3 is 11.8 Å². The Bertz CT molecular complexity index is 830. The summed E-state index contributed by atoms with van der Waals surface area (Å²) in [6.45, 7) is 2.46. The van der Waals surface area contributed by atoms with Gasteiger partial charge in [-0.25, -0.2) is 0 Å². The molecule has 2 amide bonds. The Morgan fingerprint density at radius 2 is 1.83 bits per heavy atom. The fourth-order valence-corrected chi connectivity index (χ4v) is 5.49. The van der Waals surface area contributed by atoms with Crippen molar-refractivity contribution < 1.29 is 14.5 Å². The number of carbonyl (C=O) groups is 2. The van der Waals surface area contributed by atoms with Crippen LogP contribution in [0, 0.1) is 0 Å². The standard InChI is InChI=1S/C23H29N3O2S/c27-22(23(28)25-19-9-2-1-3-10-19)24-15-20(21-11-6-14-29-21)26-13-12-17-7-4-5-8-18(17)16-26/h4-8,11,14,19-20H,1-3,9-10,12-13,15-16H2,(H,24,27)(H,25,28)/p+1/t20-/m0/s1. The van der Waals surface area contributed by atoms with Crippen molar-refractivity contribution in [2.24, 2.45) is 0 Å². The molecule has 2 heterocycles. The zero-order valence-electron chi connectivity index (χ0n) is 16.8. The van der Waals surface area contributed by atoms with Gasteiger partial charge in [-0.1, -0.05) is 49.6 Å². The Morgan fingerprint density at radius 1 is 1.03 bits per heavy atom. The number of hydrogen-bond acceptors (Lipinski definition) is 3. The fraction of sp³-hybridized carbons (Fsp3) is 0.478. The smallest absolute Gasteiger partial charge is 0.309 e. The van der Waals surface area contributed by atoms with Gasteiger partial charge in [-0.2, -0.15) is 0 Å². The van der Waals surface area contributed by atoms with Gasteiger partial charge in [0.15, 0.2) is 0 Å². The molecule has 2 atom stereocenters. The topological polar surface area (TPSA) is 62.6 Å². The summed E-state index contributed by atoms with van der Waals surface area (Å²) in [5, 5.41) is 7.91. The van der Waals surface area contributed by atoms with Crippen molar-refractivity contribution in [1.29, 1.82) is 0 Å². The molecular weight excluding hydrogens is 382 g/mol. The van der Waals surface area contributed by atoms with Gasteiger partial charge in [0, 0.05) is 18.0 Å². The molecule has 1 unspecified atom stereocenters. The van der Waals surface area contributed by atoms with Crippen LogP contribution in [0.2, 0.25) is 0 Å². The second kappa shape index (κ2) is 9.55. The van der Waals surface area contributed by atoms with Crippen LogP contribution < -0.4 is 15.5 Å². The average Bonchev–Trinajstić information content (AvgIpc) is 3.29. The summed E-state index contributed by atoms with van der Waals surface area (Å²) in [5.41, 5.74) is 2.81. The van der Waals surface area contributed by atoms with E-state index < -0.39 is 11.8 Å². The van der Waals surface area contributed by atoms with Crippen LogP contribution in [-0.2, 0) is 22.6 Å². The minimum Gasteiger partial charge on any atom is -0.345 e. The summed E-state index contributed by atoms with van der Waals surface area (Å²) in [6.07, 6.45) is 6.49. The highest BCUT2D eigenvalue weighted by molar-refractivity contribution is 7.10. The van der Waals surface area contributed by atoms with E-state index in [0.29, 0.717) is 6.54 Å². The fourth-order valence-electron chi connectivity index (χ4n) is 4.61. The van der Waals surface area contributed by atoms with Gasteiger partial charge in [-0.3, -0.25) is 9.59 Å². The Labute approximate surface area is 176 Å². The molecule has 29 heavy (non-hydrogen) atoms. The van der Waals surface area contributed by atoms with Gasteiger partial charge in [0.25, 0.3) is 0 Å². The summed E-state index contributed by atoms with van der Waals surface area (Å²) in [5.74, 6) is -0.991. The largest absolute Gasteiger partial charge is 0.345 e. The van der Waals surface area contributed by atoms with Crippen molar-refractivity contribution in [2.75, 3.05) is 13.1 Å². The van der Waals surface area contributed by atoms with E-state index in [4.69, 9.17) is 0 Å². The molecule has 6 heteroatoms. The van der Waals surface area contributed by atoms with Gasteiger partial charge in [0.1, 0.15) is 12.6 Å². The summed E-state index contributed by atoms with van der Waals surface area (Å²) >= 11 is 1.72. The summed E-state index contributed by atoms with van der Waals surface area (Å²) in [4.78, 5) is 27.5. The molecule has 1 aromatic carbocycles. The lowest BCUT2D eigenvalue weighted by atomic mass is 9.95. The first-order valence-electron chi connectivity index (χ1n) is 10.7. The summed E-state index contributed by atoms with van der Waals surface area (Å²) in [6, 6.07) is 13.1. The number of amides is 2. The van der Waals surface area contributed by atoms with Crippen molar-refractivity contribution in [3.63, 3.8) is 0 Å². The highest BCUT2D eigenvalue weighted by Crippen LogP contribution is 2.19. The monoisotopic (exact) mass is 412 g/mol. The molecule has 1 saturated carbocycles. The van der Waals surface area contributed by atoms with E-state index in [1.807, 2.05) is 0 Å². The molecule has 1 aromatic heterocycles. The third-order valence-electron chi connectivity index (χ3n) is 6.24. The Balaban J connectivity index is 1.38. The predicted octanol–water partition coefficient (Wildman–Crippen LogP) is 2.00. The van der Waals surface area contributed by atoms with E-state index >= 15 is 0 Å². The quantitative estimate of drug-likeness (QED) is 0.658. The van der Waals surface area contributed by atoms with E-state index in [0.717, 1.165) is 45.2 Å². The van der Waals surface area contributed by atoms with Gasteiger partial charge in [0.2, 0.25) is 0 Å². The van der Waals surface area contributed by atoms with Crippen LogP contribution in [0.1, 0.15) is 54.1 Å². The van der Waals surface area contributed by atoms with Crippen LogP contribution in [0.4, 0.5) is 0 Å². The molecule has 0 spiro atoms. The lowest BCUT2D eigenvalue weighted by molar-refractivity contribution is -0.945. The molecule has 1 aliphatic heterocycles. The molecule has 5 nitrogen and oxygen atoms in total. The molecule has 1 fully saturated rings. The number of rotatable bonds is 5. The molecular formula is C23H30N3O2S+. The Morgan fingerprint density at radius 3 is 2.59 bits per heavy atom. The highest BCUT2D eigenvalue weighted by atomic mass is 32.1. The van der Waals surface area contributed by atoms with E-state index in [1.54, 1.807) is 11.3 Å². The highest BCUT2D eigenvalue weighted by Gasteiger charge is 2.30. The van der Waals surface area contributed by atoms with Crippen LogP contribution >= 0.6 is 11.3 Å². The van der Waals surface area contributed by atoms with Crippen molar-refractivity contribution in [3.05, 3.63) is 57.8 Å². The van der Waals surface area contributed by atoms with Gasteiger partial charge in [-0.15, -0.1) is 11.3 Å². The SMILES string of the molecule is O=C(NC[C@@H](c1cccs1)[NH+]1CCc2ccccc2C1)C(=O)NC1CCCCC1. The van der Waals surface area contributed by atoms with Crippen molar-refractivity contribution in [2.45, 2.75) is 57.2 Å². The summed E-state index contributed by atoms with van der Waals surface area (Å²) in [7, 11) is 0. The van der Waals surface area contributed by atoms with Gasteiger partial charge in [0.05, 0.1) is 18.0 Å². The maximum Gasteiger partial charge on any atom is 0.309 e. The zero-order valence-corrected chi connectivity index (χ0v) is 17.6. The molecule has 1 aliphatic carbocycles. The zero-order chi connectivity index (χ0) is 20.1. The van der Waals surface area contributed by atoms with E-state index in [9.17, 15) is 9.59 Å². The van der Waals surface area contributed by atoms with Gasteiger partial charge < -0.3 is 15.5 Å². The predicted molar refractivity (Wildman–Crippen MR) is 115 cm³/mol. The van der Waals surface area contributed by atoms with E-state index in [2.05, 4.69) is 52.4 Å². The maximum atomic E-state index is 12.4. The average molecular weight is 413 g/mol. The van der Waals surface area contributed by atoms with E-state index in [1.165, 1.54) is 27.3 Å². The second-order valence-electron chi connectivity index (χ2n) is 8.19. The van der Waals surface area contributed by atoms with Gasteiger partial charge in [-0.05, 0) is 29.9 Å². The Kier molecular flexibility index (Phi) is 6.62. The van der Waals surface area contributed by atoms with Crippen molar-refractivity contribution in [3.8, 4) is 0 Å². The molecule has 154 valence electrons. The number of nitrogens with one attached hydrogen (secondary N) is 3. The lowest BCUT2D eigenvalue weighted by Gasteiger charge is -2.32. The molecule has 3 N–H and O–H groups in total. The molecule has 0 saturated heterocycles. The number of quaternary nitrogens is 1. The van der Waals surface area contributed by atoms with Crippen molar-refractivity contribution in [1.82, 2.24) is 10.6 Å². The molecule has 4 rings (SSSR count). The minimum absolute atomic E-state index is 0.152. The van der Waals surface area contributed by atoms with Crippen LogP contribution in [0.25, 0.3) is 0 Å². The van der Waals surface area contributed by atoms with Crippen LogP contribution in [-0.4, -0.2) is 30.9 Å². The molecule has 0 bridgehead atoms. The molecule has 2 aliphatic rings. The van der Waals surface area contributed by atoms with Crippen LogP contribution in [0.5, 0.6) is 0 Å². The number of benzene rings is 1. The normalized spacial score (nSPS) is 20.5. The first-order chi connectivity index (χ1) is 14.2. The third-order valence-corrected chi connectivity index (χ3v) is 7.23. The molecule has 2 aromatic rings. The number of hydrogen-bond donors (Lipinski definition) is 3. The number of carbonyl (C=O) groups excluding carboxylic acids is 2. The molecule has 0 radical (unpaired) electrons. The lowest BCUT2D eigenvalue weighted by Crippen LogP contribution is -3.12. The first kappa shape index (κ1) is 20.1. The van der Waals surface area contributed by atoms with E-state index in [-0.39, 0.29) is 12.1 Å². The maximum absolute atomic E-state index is 12.4. The second-order valence-corrected chi connectivity index (χ2v) is 9.17. The number of fused-ring (bicyclic) bond motifs is 1. The van der Waals surface area contributed by atoms with Crippen LogP contribution in [0.15, 0.2) is 41.8 Å².